The van der Waals surface area contributed by atoms with E-state index in [0.717, 1.165) is 44.2 Å². The minimum atomic E-state index is -0.452. The maximum absolute atomic E-state index is 5.40. The van der Waals surface area contributed by atoms with Crippen LogP contribution in [0.15, 0.2) is 204 Å². The SMILES string of the molecule is c1ccc(-c2nc(-c3ccccc3)nc(-c3ccc(-c4nc5ccccc5c5c6c(ccc45)C4(c5ccccc5Sc5ccccc54)c4ccccc4-6)cc3)n2)cc1. The fraction of sp³-hybridized carbons (Fsp3) is 0.0189. The second-order valence-corrected chi connectivity index (χ2v) is 16.0. The van der Waals surface area contributed by atoms with E-state index in [1.165, 1.54) is 48.6 Å². The predicted molar refractivity (Wildman–Crippen MR) is 236 cm³/mol. The fourth-order valence-electron chi connectivity index (χ4n) is 9.32. The maximum atomic E-state index is 5.40. The molecule has 0 unspecified atom stereocenters. The molecule has 0 saturated heterocycles. The van der Waals surface area contributed by atoms with Crippen LogP contribution in [0.3, 0.4) is 0 Å². The Kier molecular flexibility index (Phi) is 7.34. The normalized spacial score (nSPS) is 13.2. The molecule has 0 radical (unpaired) electrons. The highest BCUT2D eigenvalue weighted by Gasteiger charge is 2.50. The van der Waals surface area contributed by atoms with Crippen LogP contribution in [-0.4, -0.2) is 19.9 Å². The smallest absolute Gasteiger partial charge is 0.164 e. The molecule has 1 spiro atoms. The van der Waals surface area contributed by atoms with E-state index in [1.54, 1.807) is 0 Å². The molecule has 12 rings (SSSR count). The number of fused-ring (bicyclic) bond motifs is 13. The Morgan fingerprint density at radius 2 is 0.845 bits per heavy atom. The van der Waals surface area contributed by atoms with Crippen molar-refractivity contribution in [3.63, 3.8) is 0 Å². The molecule has 0 bridgehead atoms. The molecule has 58 heavy (non-hydrogen) atoms. The van der Waals surface area contributed by atoms with Gasteiger partial charge in [0.15, 0.2) is 17.5 Å². The Hall–Kier alpha value is -7.21. The van der Waals surface area contributed by atoms with Crippen LogP contribution in [0.2, 0.25) is 0 Å². The number of hydrogen-bond donors (Lipinski definition) is 0. The molecule has 0 amide bonds. The minimum Gasteiger partial charge on any atom is -0.247 e. The van der Waals surface area contributed by atoms with Crippen LogP contribution in [0.5, 0.6) is 0 Å². The van der Waals surface area contributed by atoms with E-state index in [-0.39, 0.29) is 0 Å². The summed E-state index contributed by atoms with van der Waals surface area (Å²) in [5.41, 5.74) is 13.2. The van der Waals surface area contributed by atoms with Crippen LogP contribution >= 0.6 is 11.8 Å². The summed E-state index contributed by atoms with van der Waals surface area (Å²) in [5, 5.41) is 3.51. The molecule has 10 aromatic rings. The molecule has 0 atom stereocenters. The Labute approximate surface area is 340 Å². The van der Waals surface area contributed by atoms with Crippen molar-refractivity contribution in [3.05, 3.63) is 216 Å². The van der Waals surface area contributed by atoms with Crippen molar-refractivity contribution in [1.82, 2.24) is 19.9 Å². The highest BCUT2D eigenvalue weighted by molar-refractivity contribution is 7.99. The van der Waals surface area contributed by atoms with Crippen molar-refractivity contribution in [2.45, 2.75) is 15.2 Å². The number of hydrogen-bond acceptors (Lipinski definition) is 5. The second-order valence-electron chi connectivity index (χ2n) is 14.9. The highest BCUT2D eigenvalue weighted by Crippen LogP contribution is 2.63. The van der Waals surface area contributed by atoms with Gasteiger partial charge in [0.2, 0.25) is 0 Å². The molecule has 5 heteroatoms. The van der Waals surface area contributed by atoms with Gasteiger partial charge in [0.25, 0.3) is 0 Å². The van der Waals surface area contributed by atoms with Gasteiger partial charge in [-0.25, -0.2) is 19.9 Å². The van der Waals surface area contributed by atoms with Gasteiger partial charge in [0.05, 0.1) is 16.6 Å². The third-order valence-electron chi connectivity index (χ3n) is 11.8. The van der Waals surface area contributed by atoms with E-state index in [1.807, 2.05) is 72.4 Å². The number of nitrogens with zero attached hydrogens (tertiary/aromatic N) is 4. The van der Waals surface area contributed by atoms with Crippen molar-refractivity contribution in [3.8, 4) is 56.5 Å². The van der Waals surface area contributed by atoms with Gasteiger partial charge in [-0.15, -0.1) is 0 Å². The van der Waals surface area contributed by atoms with Gasteiger partial charge in [-0.3, -0.25) is 0 Å². The molecule has 3 heterocycles. The zero-order valence-corrected chi connectivity index (χ0v) is 32.0. The van der Waals surface area contributed by atoms with Crippen LogP contribution in [0.1, 0.15) is 22.3 Å². The Morgan fingerprint density at radius 1 is 0.345 bits per heavy atom. The quantitative estimate of drug-likeness (QED) is 0.167. The molecular weight excluding hydrogens is 725 g/mol. The summed E-state index contributed by atoms with van der Waals surface area (Å²) in [6.45, 7) is 0. The zero-order chi connectivity index (χ0) is 38.2. The number of para-hydroxylation sites is 1. The van der Waals surface area contributed by atoms with Gasteiger partial charge in [-0.2, -0.15) is 0 Å². The van der Waals surface area contributed by atoms with E-state index < -0.39 is 5.41 Å². The summed E-state index contributed by atoms with van der Waals surface area (Å²) in [5.74, 6) is 1.91. The first kappa shape index (κ1) is 33.0. The van der Waals surface area contributed by atoms with E-state index in [2.05, 4.69) is 133 Å². The second kappa shape index (κ2) is 12.9. The van der Waals surface area contributed by atoms with Crippen molar-refractivity contribution < 1.29 is 0 Å². The molecule has 8 aromatic carbocycles. The fourth-order valence-corrected chi connectivity index (χ4v) is 10.5. The molecule has 1 aliphatic heterocycles. The third kappa shape index (κ3) is 4.84. The molecule has 1 aliphatic carbocycles. The lowest BCUT2D eigenvalue weighted by molar-refractivity contribution is 0.723. The van der Waals surface area contributed by atoms with Crippen molar-refractivity contribution in [1.29, 1.82) is 0 Å². The summed E-state index contributed by atoms with van der Waals surface area (Å²) in [6.07, 6.45) is 0. The summed E-state index contributed by atoms with van der Waals surface area (Å²) in [7, 11) is 0. The van der Waals surface area contributed by atoms with Crippen LogP contribution in [0.4, 0.5) is 0 Å². The minimum absolute atomic E-state index is 0.452. The van der Waals surface area contributed by atoms with Crippen molar-refractivity contribution >= 4 is 33.4 Å². The number of pyridine rings is 1. The standard InChI is InChI=1S/C53H32N4S/c1-3-15-34(16-4-1)50-55-51(35-17-5-2-6-18-35)57-52(56-50)36-29-27-33(28-30-36)49-39-31-32-43-48(47(39)38-20-8-12-24-44(38)54-49)37-19-7-9-21-40(37)53(43)41-22-10-13-25-45(41)58-46-26-14-11-23-42(46)53/h1-32H. The summed E-state index contributed by atoms with van der Waals surface area (Å²) in [6, 6.07) is 69.1. The number of benzene rings is 8. The summed E-state index contributed by atoms with van der Waals surface area (Å²) in [4.78, 5) is 22.9. The first-order chi connectivity index (χ1) is 28.8. The highest BCUT2D eigenvalue weighted by atomic mass is 32.2. The molecule has 0 fully saturated rings. The monoisotopic (exact) mass is 756 g/mol. The van der Waals surface area contributed by atoms with Gasteiger partial charge in [0, 0.05) is 48.2 Å². The van der Waals surface area contributed by atoms with Crippen molar-refractivity contribution in [2.24, 2.45) is 0 Å². The summed E-state index contributed by atoms with van der Waals surface area (Å²) >= 11 is 1.87. The topological polar surface area (TPSA) is 51.6 Å². The van der Waals surface area contributed by atoms with E-state index in [0.29, 0.717) is 17.5 Å². The van der Waals surface area contributed by atoms with Crippen LogP contribution in [0.25, 0.3) is 78.2 Å². The average molecular weight is 757 g/mol. The van der Waals surface area contributed by atoms with E-state index in [4.69, 9.17) is 19.9 Å². The largest absolute Gasteiger partial charge is 0.247 e. The number of rotatable bonds is 4. The lowest BCUT2D eigenvalue weighted by Gasteiger charge is -2.39. The molecule has 2 aromatic heterocycles. The predicted octanol–water partition coefficient (Wildman–Crippen LogP) is 13.1. The zero-order valence-electron chi connectivity index (χ0n) is 31.2. The molecule has 0 saturated carbocycles. The third-order valence-corrected chi connectivity index (χ3v) is 12.9. The Bertz CT molecular complexity index is 3150. The van der Waals surface area contributed by atoms with Gasteiger partial charge >= 0.3 is 0 Å². The first-order valence-corrected chi connectivity index (χ1v) is 20.4. The van der Waals surface area contributed by atoms with Gasteiger partial charge in [0.1, 0.15) is 0 Å². The van der Waals surface area contributed by atoms with Gasteiger partial charge in [-0.05, 0) is 51.6 Å². The van der Waals surface area contributed by atoms with Crippen LogP contribution in [-0.2, 0) is 5.41 Å². The molecule has 0 N–H and O–H groups in total. The molecule has 2 aliphatic rings. The van der Waals surface area contributed by atoms with E-state index >= 15 is 0 Å². The Balaban J connectivity index is 1.07. The molecular formula is C53H32N4S. The van der Waals surface area contributed by atoms with Gasteiger partial charge < -0.3 is 0 Å². The Morgan fingerprint density at radius 3 is 1.48 bits per heavy atom. The average Bonchev–Trinajstić information content (AvgIpc) is 3.60. The lowest BCUT2D eigenvalue weighted by atomic mass is 9.67. The number of aromatic nitrogens is 4. The first-order valence-electron chi connectivity index (χ1n) is 19.6. The molecule has 270 valence electrons. The van der Waals surface area contributed by atoms with E-state index in [9.17, 15) is 0 Å². The van der Waals surface area contributed by atoms with Crippen molar-refractivity contribution in [2.75, 3.05) is 0 Å². The molecule has 4 nitrogen and oxygen atoms in total. The summed E-state index contributed by atoms with van der Waals surface area (Å²) < 4.78 is 0. The lowest BCUT2D eigenvalue weighted by Crippen LogP contribution is -2.31. The van der Waals surface area contributed by atoms with Crippen LogP contribution in [0, 0.1) is 0 Å². The van der Waals surface area contributed by atoms with Gasteiger partial charge in [-0.1, -0.05) is 188 Å². The maximum Gasteiger partial charge on any atom is 0.164 e. The van der Waals surface area contributed by atoms with Crippen LogP contribution < -0.4 is 0 Å².